The van der Waals surface area contributed by atoms with Gasteiger partial charge in [-0.15, -0.1) is 0 Å². The topological polar surface area (TPSA) is 53.5 Å². The Morgan fingerprint density at radius 1 is 1.45 bits per heavy atom. The summed E-state index contributed by atoms with van der Waals surface area (Å²) in [6.45, 7) is 5.79. The van der Waals surface area contributed by atoms with Crippen LogP contribution < -0.4 is 10.9 Å². The first-order chi connectivity index (χ1) is 5.11. The Kier molecular flexibility index (Phi) is 2.12. The number of amides is 1. The molecule has 4 nitrogen and oxygen atoms in total. The van der Waals surface area contributed by atoms with Crippen LogP contribution in [-0.2, 0) is 4.79 Å². The van der Waals surface area contributed by atoms with E-state index in [1.54, 1.807) is 0 Å². The van der Waals surface area contributed by atoms with E-state index in [4.69, 9.17) is 0 Å². The SMILES string of the molecule is CC1=NC(C(C)C)C(=O)NN1. The Labute approximate surface area is 66.0 Å². The van der Waals surface area contributed by atoms with Crippen molar-refractivity contribution in [2.45, 2.75) is 26.8 Å². The molecule has 1 heterocycles. The standard InChI is InChI=1S/C7H13N3O/c1-4(2)6-7(11)10-9-5(3)8-6/h4,6H,1-3H3,(H,8,9)(H,10,11). The van der Waals surface area contributed by atoms with Crippen molar-refractivity contribution in [2.24, 2.45) is 10.9 Å². The molecule has 0 fully saturated rings. The number of hydrogen-bond donors (Lipinski definition) is 2. The molecule has 11 heavy (non-hydrogen) atoms. The first kappa shape index (κ1) is 8.04. The molecule has 1 aliphatic heterocycles. The van der Waals surface area contributed by atoms with Crippen molar-refractivity contribution in [3.63, 3.8) is 0 Å². The van der Waals surface area contributed by atoms with Gasteiger partial charge in [0.2, 0.25) is 0 Å². The monoisotopic (exact) mass is 155 g/mol. The molecule has 0 saturated heterocycles. The van der Waals surface area contributed by atoms with Gasteiger partial charge in [-0.3, -0.25) is 20.6 Å². The lowest BCUT2D eigenvalue weighted by molar-refractivity contribution is -0.124. The van der Waals surface area contributed by atoms with Gasteiger partial charge in [0.1, 0.15) is 11.9 Å². The van der Waals surface area contributed by atoms with E-state index in [0.29, 0.717) is 0 Å². The summed E-state index contributed by atoms with van der Waals surface area (Å²) in [5.41, 5.74) is 5.21. The minimum atomic E-state index is -0.226. The lowest BCUT2D eigenvalue weighted by atomic mass is 10.0. The first-order valence-corrected chi connectivity index (χ1v) is 3.71. The lowest BCUT2D eigenvalue weighted by Crippen LogP contribution is -2.51. The van der Waals surface area contributed by atoms with E-state index >= 15 is 0 Å². The van der Waals surface area contributed by atoms with Gasteiger partial charge in [-0.05, 0) is 12.8 Å². The van der Waals surface area contributed by atoms with Crippen molar-refractivity contribution in [3.05, 3.63) is 0 Å². The fourth-order valence-electron chi connectivity index (χ4n) is 0.977. The van der Waals surface area contributed by atoms with Crippen LogP contribution in [0.25, 0.3) is 0 Å². The van der Waals surface area contributed by atoms with Crippen LogP contribution in [0.15, 0.2) is 4.99 Å². The van der Waals surface area contributed by atoms with Gasteiger partial charge in [0.05, 0.1) is 0 Å². The molecular weight excluding hydrogens is 142 g/mol. The maximum absolute atomic E-state index is 11.1. The third kappa shape index (κ3) is 1.69. The normalized spacial score (nSPS) is 24.2. The predicted molar refractivity (Wildman–Crippen MR) is 43.0 cm³/mol. The third-order valence-electron chi connectivity index (χ3n) is 1.60. The molecule has 0 aromatic heterocycles. The molecule has 0 aliphatic carbocycles. The van der Waals surface area contributed by atoms with Crippen molar-refractivity contribution in [3.8, 4) is 0 Å². The summed E-state index contributed by atoms with van der Waals surface area (Å²) in [7, 11) is 0. The number of nitrogens with zero attached hydrogens (tertiary/aromatic N) is 1. The van der Waals surface area contributed by atoms with E-state index in [2.05, 4.69) is 15.8 Å². The van der Waals surface area contributed by atoms with Crippen LogP contribution in [0.1, 0.15) is 20.8 Å². The van der Waals surface area contributed by atoms with Crippen molar-refractivity contribution in [1.29, 1.82) is 0 Å². The molecule has 0 spiro atoms. The highest BCUT2D eigenvalue weighted by Gasteiger charge is 2.24. The highest BCUT2D eigenvalue weighted by atomic mass is 16.2. The first-order valence-electron chi connectivity index (χ1n) is 3.71. The zero-order valence-electron chi connectivity index (χ0n) is 7.01. The van der Waals surface area contributed by atoms with Crippen LogP contribution in [0.4, 0.5) is 0 Å². The number of nitrogens with one attached hydrogen (secondary N) is 2. The number of hydrogen-bond acceptors (Lipinski definition) is 3. The van der Waals surface area contributed by atoms with Gasteiger partial charge >= 0.3 is 0 Å². The van der Waals surface area contributed by atoms with E-state index in [9.17, 15) is 4.79 Å². The van der Waals surface area contributed by atoms with Crippen LogP contribution in [0.3, 0.4) is 0 Å². The molecule has 0 aromatic rings. The molecule has 0 saturated carbocycles. The summed E-state index contributed by atoms with van der Waals surface area (Å²) in [6, 6.07) is -0.226. The molecule has 1 rings (SSSR count). The molecule has 1 atom stereocenters. The number of amidine groups is 1. The van der Waals surface area contributed by atoms with Gasteiger partial charge in [-0.1, -0.05) is 13.8 Å². The van der Waals surface area contributed by atoms with Gasteiger partial charge in [0.15, 0.2) is 0 Å². The molecule has 1 unspecified atom stereocenters. The van der Waals surface area contributed by atoms with Crippen molar-refractivity contribution in [1.82, 2.24) is 10.9 Å². The molecule has 0 radical (unpaired) electrons. The molecule has 0 bridgehead atoms. The summed E-state index contributed by atoms with van der Waals surface area (Å²) < 4.78 is 0. The van der Waals surface area contributed by atoms with Crippen LogP contribution in [0.5, 0.6) is 0 Å². The zero-order valence-corrected chi connectivity index (χ0v) is 7.01. The minimum absolute atomic E-state index is 0.0504. The largest absolute Gasteiger partial charge is 0.286 e. The highest BCUT2D eigenvalue weighted by Crippen LogP contribution is 2.07. The average Bonchev–Trinajstić information content (AvgIpc) is 1.94. The van der Waals surface area contributed by atoms with Crippen LogP contribution in [0.2, 0.25) is 0 Å². The lowest BCUT2D eigenvalue weighted by Gasteiger charge is -2.22. The van der Waals surface area contributed by atoms with Crippen molar-refractivity contribution >= 4 is 11.7 Å². The number of carbonyl (C=O) groups is 1. The van der Waals surface area contributed by atoms with Crippen molar-refractivity contribution < 1.29 is 4.79 Å². The summed E-state index contributed by atoms with van der Waals surface area (Å²) in [5.74, 6) is 0.973. The Morgan fingerprint density at radius 2 is 2.09 bits per heavy atom. The molecule has 62 valence electrons. The maximum Gasteiger partial charge on any atom is 0.263 e. The van der Waals surface area contributed by atoms with E-state index in [1.807, 2.05) is 20.8 Å². The number of carbonyl (C=O) groups excluding carboxylic acids is 1. The van der Waals surface area contributed by atoms with Gasteiger partial charge < -0.3 is 0 Å². The smallest absolute Gasteiger partial charge is 0.263 e. The third-order valence-corrected chi connectivity index (χ3v) is 1.60. The van der Waals surface area contributed by atoms with Crippen LogP contribution >= 0.6 is 0 Å². The fourth-order valence-corrected chi connectivity index (χ4v) is 0.977. The van der Waals surface area contributed by atoms with Gasteiger partial charge in [-0.2, -0.15) is 0 Å². The van der Waals surface area contributed by atoms with Gasteiger partial charge in [0, 0.05) is 0 Å². The van der Waals surface area contributed by atoms with Gasteiger partial charge in [0.25, 0.3) is 5.91 Å². The summed E-state index contributed by atoms with van der Waals surface area (Å²) in [4.78, 5) is 15.3. The molecular formula is C7H13N3O. The van der Waals surface area contributed by atoms with Crippen molar-refractivity contribution in [2.75, 3.05) is 0 Å². The summed E-state index contributed by atoms with van der Waals surface area (Å²) in [5, 5.41) is 0. The number of hydrazine groups is 1. The van der Waals surface area contributed by atoms with Crippen LogP contribution in [0, 0.1) is 5.92 Å². The number of aliphatic imine (C=N–C) groups is 1. The average molecular weight is 155 g/mol. The Morgan fingerprint density at radius 3 is 2.55 bits per heavy atom. The second-order valence-electron chi connectivity index (χ2n) is 3.02. The molecule has 1 aliphatic rings. The van der Waals surface area contributed by atoms with Gasteiger partial charge in [-0.25, -0.2) is 0 Å². The van der Waals surface area contributed by atoms with E-state index in [-0.39, 0.29) is 17.9 Å². The fraction of sp³-hybridized carbons (Fsp3) is 0.714. The summed E-state index contributed by atoms with van der Waals surface area (Å²) in [6.07, 6.45) is 0. The minimum Gasteiger partial charge on any atom is -0.286 e. The summed E-state index contributed by atoms with van der Waals surface area (Å²) >= 11 is 0. The molecule has 0 aromatic carbocycles. The second kappa shape index (κ2) is 2.90. The Bertz CT molecular complexity index is 198. The van der Waals surface area contributed by atoms with Crippen LogP contribution in [-0.4, -0.2) is 17.8 Å². The molecule has 1 amide bonds. The van der Waals surface area contributed by atoms with E-state index in [0.717, 1.165) is 5.84 Å². The molecule has 2 N–H and O–H groups in total. The van der Waals surface area contributed by atoms with E-state index in [1.165, 1.54) is 0 Å². The Balaban J connectivity index is 2.75. The van der Waals surface area contributed by atoms with E-state index < -0.39 is 0 Å². The Hall–Kier alpha value is -1.06. The second-order valence-corrected chi connectivity index (χ2v) is 3.02. The quantitative estimate of drug-likeness (QED) is 0.562. The predicted octanol–water partition coefficient (Wildman–Crippen LogP) is 0.0638. The zero-order chi connectivity index (χ0) is 8.43. The number of rotatable bonds is 1. The molecule has 4 heteroatoms. The maximum atomic E-state index is 11.1. The highest BCUT2D eigenvalue weighted by molar-refractivity contribution is 5.92.